The predicted octanol–water partition coefficient (Wildman–Crippen LogP) is 5.75. The van der Waals surface area contributed by atoms with Gasteiger partial charge in [-0.1, -0.05) is 42.1 Å². The lowest BCUT2D eigenvalue weighted by molar-refractivity contribution is 0.101. The first kappa shape index (κ1) is 22.4. The van der Waals surface area contributed by atoms with Crippen LogP contribution < -0.4 is 10.1 Å². The van der Waals surface area contributed by atoms with Gasteiger partial charge in [-0.05, 0) is 42.5 Å². The third kappa shape index (κ3) is 5.01. The Bertz CT molecular complexity index is 1360. The summed E-state index contributed by atoms with van der Waals surface area (Å²) < 4.78 is 32.6. The molecule has 1 heterocycles. The van der Waals surface area contributed by atoms with Crippen LogP contribution in [0.4, 0.5) is 14.5 Å². The number of carbonyl (C=O) groups is 2. The van der Waals surface area contributed by atoms with Gasteiger partial charge >= 0.3 is 0 Å². The average Bonchev–Trinajstić information content (AvgIpc) is 2.83. The maximum absolute atomic E-state index is 13.9. The lowest BCUT2D eigenvalue weighted by Crippen LogP contribution is -2.14. The van der Waals surface area contributed by atoms with Crippen molar-refractivity contribution < 1.29 is 23.1 Å². The van der Waals surface area contributed by atoms with Gasteiger partial charge in [0.1, 0.15) is 17.4 Å². The zero-order valence-electron chi connectivity index (χ0n) is 17.5. The highest BCUT2D eigenvalue weighted by Crippen LogP contribution is 2.28. The molecule has 0 aliphatic heterocycles. The van der Waals surface area contributed by atoms with E-state index in [1.165, 1.54) is 7.11 Å². The van der Waals surface area contributed by atoms with Crippen LogP contribution >= 0.6 is 11.8 Å². The number of hydrogen-bond acceptors (Lipinski definition) is 5. The van der Waals surface area contributed by atoms with E-state index >= 15 is 0 Å². The molecule has 0 unspecified atom stereocenters. The third-order valence-electron chi connectivity index (χ3n) is 4.87. The molecule has 0 atom stereocenters. The summed E-state index contributed by atoms with van der Waals surface area (Å²) in [6.07, 6.45) is 0. The van der Waals surface area contributed by atoms with Gasteiger partial charge in [-0.2, -0.15) is 0 Å². The molecular weight excluding hydrogens is 446 g/mol. The summed E-state index contributed by atoms with van der Waals surface area (Å²) >= 11 is 1.04. The highest BCUT2D eigenvalue weighted by molar-refractivity contribution is 7.99. The molecule has 0 saturated heterocycles. The smallest absolute Gasteiger partial charge is 0.256 e. The number of pyridine rings is 1. The Morgan fingerprint density at radius 2 is 1.73 bits per heavy atom. The Hall–Kier alpha value is -3.78. The number of nitrogens with one attached hydrogen (secondary N) is 1. The molecule has 5 nitrogen and oxygen atoms in total. The maximum Gasteiger partial charge on any atom is 0.256 e. The fourth-order valence-corrected chi connectivity index (χ4v) is 4.08. The van der Waals surface area contributed by atoms with Crippen LogP contribution in [0.25, 0.3) is 10.9 Å². The van der Waals surface area contributed by atoms with Gasteiger partial charge in [0.15, 0.2) is 5.78 Å². The first-order chi connectivity index (χ1) is 16.0. The largest absolute Gasteiger partial charge is 0.495 e. The van der Waals surface area contributed by atoms with E-state index in [0.29, 0.717) is 32.9 Å². The van der Waals surface area contributed by atoms with E-state index in [1.54, 1.807) is 54.6 Å². The summed E-state index contributed by atoms with van der Waals surface area (Å²) in [7, 11) is 1.51. The van der Waals surface area contributed by atoms with E-state index in [-0.39, 0.29) is 17.2 Å². The minimum atomic E-state index is -0.787. The molecule has 0 spiro atoms. The number of anilines is 1. The molecule has 33 heavy (non-hydrogen) atoms. The van der Waals surface area contributed by atoms with Crippen LogP contribution in [-0.4, -0.2) is 29.5 Å². The molecule has 3 aromatic carbocycles. The summed E-state index contributed by atoms with van der Waals surface area (Å²) in [5.41, 5.74) is 1.12. The van der Waals surface area contributed by atoms with Gasteiger partial charge in [0, 0.05) is 5.39 Å². The van der Waals surface area contributed by atoms with Gasteiger partial charge in [0.2, 0.25) is 0 Å². The van der Waals surface area contributed by atoms with Crippen molar-refractivity contribution >= 4 is 40.0 Å². The number of fused-ring (bicyclic) bond motifs is 1. The van der Waals surface area contributed by atoms with Crippen LogP contribution in [0.15, 0.2) is 77.8 Å². The van der Waals surface area contributed by atoms with Crippen molar-refractivity contribution in [1.82, 2.24) is 4.98 Å². The van der Waals surface area contributed by atoms with Crippen molar-refractivity contribution in [3.05, 3.63) is 95.6 Å². The summed E-state index contributed by atoms with van der Waals surface area (Å²) in [6, 6.07) is 18.5. The molecule has 0 radical (unpaired) electrons. The van der Waals surface area contributed by atoms with E-state index in [1.807, 2.05) is 0 Å². The number of ether oxygens (including phenoxy) is 1. The quantitative estimate of drug-likeness (QED) is 0.279. The molecule has 1 amide bonds. The minimum absolute atomic E-state index is 0.167. The first-order valence-corrected chi connectivity index (χ1v) is 10.9. The molecule has 0 aliphatic rings. The van der Waals surface area contributed by atoms with Crippen molar-refractivity contribution in [3.8, 4) is 5.75 Å². The van der Waals surface area contributed by atoms with Crippen LogP contribution in [-0.2, 0) is 0 Å². The summed E-state index contributed by atoms with van der Waals surface area (Å²) in [4.78, 5) is 30.1. The van der Waals surface area contributed by atoms with Crippen LogP contribution in [0.5, 0.6) is 5.75 Å². The van der Waals surface area contributed by atoms with Crippen LogP contribution in [0, 0.1) is 11.6 Å². The predicted molar refractivity (Wildman–Crippen MR) is 124 cm³/mol. The average molecular weight is 464 g/mol. The molecule has 1 N–H and O–H groups in total. The van der Waals surface area contributed by atoms with E-state index in [9.17, 15) is 18.4 Å². The SMILES string of the molecule is COc1ccccc1NC(=O)c1cc(SCC(=O)c2cc(F)ccc2F)nc2ccccc12. The molecule has 0 saturated carbocycles. The standard InChI is InChI=1S/C25H18F2N2O3S/c1-32-23-9-5-4-8-21(23)29-25(31)17-13-24(28-20-7-3-2-6-16(17)20)33-14-22(30)18-12-15(26)10-11-19(18)27/h2-13H,14H2,1H3,(H,29,31). The number of para-hydroxylation sites is 3. The van der Waals surface area contributed by atoms with Crippen LogP contribution in [0.3, 0.4) is 0 Å². The number of halogens is 2. The highest BCUT2D eigenvalue weighted by Gasteiger charge is 2.17. The van der Waals surface area contributed by atoms with Crippen molar-refractivity contribution in [3.63, 3.8) is 0 Å². The highest BCUT2D eigenvalue weighted by atomic mass is 32.2. The van der Waals surface area contributed by atoms with E-state index < -0.39 is 17.4 Å². The van der Waals surface area contributed by atoms with E-state index in [0.717, 1.165) is 30.0 Å². The minimum Gasteiger partial charge on any atom is -0.495 e. The van der Waals surface area contributed by atoms with Gasteiger partial charge in [-0.3, -0.25) is 9.59 Å². The Morgan fingerprint density at radius 1 is 0.970 bits per heavy atom. The molecule has 0 fully saturated rings. The summed E-state index contributed by atoms with van der Waals surface area (Å²) in [6.45, 7) is 0. The Morgan fingerprint density at radius 3 is 2.55 bits per heavy atom. The zero-order valence-corrected chi connectivity index (χ0v) is 18.3. The first-order valence-electron chi connectivity index (χ1n) is 9.91. The van der Waals surface area contributed by atoms with Crippen molar-refractivity contribution in [2.24, 2.45) is 0 Å². The number of methoxy groups -OCH3 is 1. The van der Waals surface area contributed by atoms with Crippen LogP contribution in [0.2, 0.25) is 0 Å². The molecule has 4 aromatic rings. The molecule has 8 heteroatoms. The van der Waals surface area contributed by atoms with Gasteiger partial charge in [0.25, 0.3) is 5.91 Å². The molecule has 0 aliphatic carbocycles. The van der Waals surface area contributed by atoms with Gasteiger partial charge < -0.3 is 10.1 Å². The number of benzene rings is 3. The molecule has 1 aromatic heterocycles. The monoisotopic (exact) mass is 464 g/mol. The Balaban J connectivity index is 1.62. The number of nitrogens with zero attached hydrogens (tertiary/aromatic N) is 1. The topological polar surface area (TPSA) is 68.3 Å². The summed E-state index contributed by atoms with van der Waals surface area (Å²) in [5.74, 6) is -2.08. The van der Waals surface area contributed by atoms with E-state index in [2.05, 4.69) is 10.3 Å². The molecule has 166 valence electrons. The zero-order chi connectivity index (χ0) is 23.4. The van der Waals surface area contributed by atoms with Crippen molar-refractivity contribution in [1.29, 1.82) is 0 Å². The number of amides is 1. The number of rotatable bonds is 7. The lowest BCUT2D eigenvalue weighted by Gasteiger charge is -2.12. The fourth-order valence-electron chi connectivity index (χ4n) is 3.28. The molecule has 4 rings (SSSR count). The molecular formula is C25H18F2N2O3S. The second kappa shape index (κ2) is 9.79. The number of ketones is 1. The lowest BCUT2D eigenvalue weighted by atomic mass is 10.1. The third-order valence-corrected chi connectivity index (χ3v) is 5.78. The normalized spacial score (nSPS) is 10.8. The summed E-state index contributed by atoms with van der Waals surface area (Å²) in [5, 5.41) is 3.88. The Kier molecular flexibility index (Phi) is 6.65. The number of carbonyl (C=O) groups excluding carboxylic acids is 2. The van der Waals surface area contributed by atoms with Gasteiger partial charge in [0.05, 0.1) is 40.2 Å². The van der Waals surface area contributed by atoms with Crippen molar-refractivity contribution in [2.45, 2.75) is 5.03 Å². The Labute approximate surface area is 192 Å². The second-order valence-electron chi connectivity index (χ2n) is 7.02. The van der Waals surface area contributed by atoms with Gasteiger partial charge in [-0.15, -0.1) is 0 Å². The number of hydrogen-bond donors (Lipinski definition) is 1. The van der Waals surface area contributed by atoms with Crippen molar-refractivity contribution in [2.75, 3.05) is 18.2 Å². The van der Waals surface area contributed by atoms with Crippen LogP contribution in [0.1, 0.15) is 20.7 Å². The number of thioether (sulfide) groups is 1. The molecule has 0 bridgehead atoms. The maximum atomic E-state index is 13.9. The number of aromatic nitrogens is 1. The fraction of sp³-hybridized carbons (Fsp3) is 0.0800. The van der Waals surface area contributed by atoms with Gasteiger partial charge in [-0.25, -0.2) is 13.8 Å². The number of Topliss-reactive ketones (excluding diaryl/α,β-unsaturated/α-hetero) is 1. The second-order valence-corrected chi connectivity index (χ2v) is 8.01. The van der Waals surface area contributed by atoms with E-state index in [4.69, 9.17) is 4.74 Å².